The number of rotatable bonds is 5. The monoisotopic (exact) mass is 216 g/mol. The SMILES string of the molecule is CCCCNC(=O)NC[C@H](O)C(C)(C)C. The maximum absolute atomic E-state index is 11.2. The Morgan fingerprint density at radius 3 is 2.40 bits per heavy atom. The van der Waals surface area contributed by atoms with Gasteiger partial charge in [-0.15, -0.1) is 0 Å². The number of hydrogen-bond donors (Lipinski definition) is 3. The summed E-state index contributed by atoms with van der Waals surface area (Å²) in [5.74, 6) is 0. The number of unbranched alkanes of at least 4 members (excludes halogenated alkanes) is 1. The molecule has 0 bridgehead atoms. The van der Waals surface area contributed by atoms with E-state index < -0.39 is 6.10 Å². The van der Waals surface area contributed by atoms with Gasteiger partial charge in [-0.1, -0.05) is 34.1 Å². The number of aliphatic hydroxyl groups is 1. The summed E-state index contributed by atoms with van der Waals surface area (Å²) in [6.07, 6.45) is 1.52. The Morgan fingerprint density at radius 1 is 1.33 bits per heavy atom. The van der Waals surface area contributed by atoms with Crippen LogP contribution in [0.2, 0.25) is 0 Å². The highest BCUT2D eigenvalue weighted by molar-refractivity contribution is 5.73. The molecule has 0 radical (unpaired) electrons. The van der Waals surface area contributed by atoms with Gasteiger partial charge < -0.3 is 15.7 Å². The highest BCUT2D eigenvalue weighted by Crippen LogP contribution is 2.17. The Hall–Kier alpha value is -0.770. The van der Waals surface area contributed by atoms with Crippen molar-refractivity contribution in [2.75, 3.05) is 13.1 Å². The Labute approximate surface area is 92.4 Å². The molecule has 4 heteroatoms. The normalized spacial score (nSPS) is 13.4. The zero-order chi connectivity index (χ0) is 11.9. The molecule has 0 aliphatic heterocycles. The predicted molar refractivity (Wildman–Crippen MR) is 61.8 cm³/mol. The molecule has 0 heterocycles. The third-order valence-corrected chi connectivity index (χ3v) is 2.27. The van der Waals surface area contributed by atoms with Gasteiger partial charge in [-0.25, -0.2) is 4.79 Å². The largest absolute Gasteiger partial charge is 0.391 e. The molecule has 0 spiro atoms. The number of nitrogens with one attached hydrogen (secondary N) is 2. The van der Waals surface area contributed by atoms with E-state index in [-0.39, 0.29) is 11.4 Å². The smallest absolute Gasteiger partial charge is 0.314 e. The van der Waals surface area contributed by atoms with Crippen LogP contribution in [-0.2, 0) is 0 Å². The first kappa shape index (κ1) is 14.2. The van der Waals surface area contributed by atoms with Crippen molar-refractivity contribution in [2.45, 2.75) is 46.6 Å². The first-order valence-corrected chi connectivity index (χ1v) is 5.57. The van der Waals surface area contributed by atoms with Gasteiger partial charge in [0, 0.05) is 13.1 Å². The van der Waals surface area contributed by atoms with Crippen molar-refractivity contribution >= 4 is 6.03 Å². The second-order valence-corrected chi connectivity index (χ2v) is 4.87. The summed E-state index contributed by atoms with van der Waals surface area (Å²) in [5, 5.41) is 15.0. The van der Waals surface area contributed by atoms with Gasteiger partial charge in [-0.3, -0.25) is 0 Å². The van der Waals surface area contributed by atoms with Crippen molar-refractivity contribution in [1.82, 2.24) is 10.6 Å². The molecule has 0 aromatic heterocycles. The van der Waals surface area contributed by atoms with Gasteiger partial charge in [0.25, 0.3) is 0 Å². The zero-order valence-electron chi connectivity index (χ0n) is 10.3. The molecule has 0 saturated heterocycles. The lowest BCUT2D eigenvalue weighted by atomic mass is 9.89. The van der Waals surface area contributed by atoms with Crippen LogP contribution in [0.5, 0.6) is 0 Å². The predicted octanol–water partition coefficient (Wildman–Crippen LogP) is 1.49. The van der Waals surface area contributed by atoms with Crippen molar-refractivity contribution < 1.29 is 9.90 Å². The first-order chi connectivity index (χ1) is 6.88. The van der Waals surface area contributed by atoms with Crippen molar-refractivity contribution in [3.63, 3.8) is 0 Å². The van der Waals surface area contributed by atoms with Gasteiger partial charge in [0.1, 0.15) is 0 Å². The third-order valence-electron chi connectivity index (χ3n) is 2.27. The zero-order valence-corrected chi connectivity index (χ0v) is 10.3. The second kappa shape index (κ2) is 6.67. The van der Waals surface area contributed by atoms with Crippen LogP contribution in [0.25, 0.3) is 0 Å². The van der Waals surface area contributed by atoms with Crippen molar-refractivity contribution in [2.24, 2.45) is 5.41 Å². The maximum Gasteiger partial charge on any atom is 0.314 e. The molecule has 0 aliphatic carbocycles. The van der Waals surface area contributed by atoms with Crippen LogP contribution in [0, 0.1) is 5.41 Å². The summed E-state index contributed by atoms with van der Waals surface area (Å²) in [4.78, 5) is 11.2. The van der Waals surface area contributed by atoms with E-state index in [1.165, 1.54) is 0 Å². The van der Waals surface area contributed by atoms with Gasteiger partial charge in [-0.2, -0.15) is 0 Å². The lowest BCUT2D eigenvalue weighted by molar-refractivity contribution is 0.0650. The summed E-state index contributed by atoms with van der Waals surface area (Å²) < 4.78 is 0. The molecule has 90 valence electrons. The fraction of sp³-hybridized carbons (Fsp3) is 0.909. The third kappa shape index (κ3) is 7.19. The van der Waals surface area contributed by atoms with Gasteiger partial charge >= 0.3 is 6.03 Å². The van der Waals surface area contributed by atoms with E-state index in [0.29, 0.717) is 13.1 Å². The molecular formula is C11H24N2O2. The molecule has 15 heavy (non-hydrogen) atoms. The molecule has 0 saturated carbocycles. The minimum Gasteiger partial charge on any atom is -0.391 e. The fourth-order valence-electron chi connectivity index (χ4n) is 0.937. The van der Waals surface area contributed by atoms with E-state index >= 15 is 0 Å². The van der Waals surface area contributed by atoms with Crippen LogP contribution in [0.3, 0.4) is 0 Å². The van der Waals surface area contributed by atoms with Gasteiger partial charge in [0.2, 0.25) is 0 Å². The number of aliphatic hydroxyl groups excluding tert-OH is 1. The van der Waals surface area contributed by atoms with Crippen molar-refractivity contribution in [3.8, 4) is 0 Å². The summed E-state index contributed by atoms with van der Waals surface area (Å²) in [5.41, 5.74) is -0.198. The number of urea groups is 1. The molecule has 3 N–H and O–H groups in total. The molecule has 0 aliphatic rings. The molecule has 0 fully saturated rings. The van der Waals surface area contributed by atoms with Crippen LogP contribution in [0.15, 0.2) is 0 Å². The van der Waals surface area contributed by atoms with Crippen LogP contribution in [0.4, 0.5) is 4.79 Å². The van der Waals surface area contributed by atoms with E-state index in [0.717, 1.165) is 12.8 Å². The quantitative estimate of drug-likeness (QED) is 0.610. The Morgan fingerprint density at radius 2 is 1.93 bits per heavy atom. The van der Waals surface area contributed by atoms with Gasteiger partial charge in [0.15, 0.2) is 0 Å². The summed E-state index contributed by atoms with van der Waals surface area (Å²) in [6, 6.07) is -0.202. The van der Waals surface area contributed by atoms with E-state index in [2.05, 4.69) is 17.6 Å². The van der Waals surface area contributed by atoms with E-state index in [1.807, 2.05) is 20.8 Å². The highest BCUT2D eigenvalue weighted by Gasteiger charge is 2.22. The molecule has 0 rings (SSSR count). The molecule has 2 amide bonds. The number of hydrogen-bond acceptors (Lipinski definition) is 2. The minimum absolute atomic E-state index is 0.198. The number of carbonyl (C=O) groups is 1. The Bertz CT molecular complexity index is 188. The lowest BCUT2D eigenvalue weighted by Crippen LogP contribution is -2.43. The second-order valence-electron chi connectivity index (χ2n) is 4.87. The summed E-state index contributed by atoms with van der Waals surface area (Å²) >= 11 is 0. The molecule has 0 aromatic carbocycles. The number of carbonyl (C=O) groups excluding carboxylic acids is 1. The number of amides is 2. The summed E-state index contributed by atoms with van der Waals surface area (Å²) in [7, 11) is 0. The molecule has 1 atom stereocenters. The van der Waals surface area contributed by atoms with E-state index in [9.17, 15) is 9.90 Å². The summed E-state index contributed by atoms with van der Waals surface area (Å²) in [6.45, 7) is 8.87. The van der Waals surface area contributed by atoms with Gasteiger partial charge in [0.05, 0.1) is 6.10 Å². The average Bonchev–Trinajstić information content (AvgIpc) is 2.13. The van der Waals surface area contributed by atoms with E-state index in [1.54, 1.807) is 0 Å². The lowest BCUT2D eigenvalue weighted by Gasteiger charge is -2.25. The molecule has 4 nitrogen and oxygen atoms in total. The fourth-order valence-corrected chi connectivity index (χ4v) is 0.937. The molecular weight excluding hydrogens is 192 g/mol. The van der Waals surface area contributed by atoms with Crippen LogP contribution in [-0.4, -0.2) is 30.3 Å². The highest BCUT2D eigenvalue weighted by atomic mass is 16.3. The maximum atomic E-state index is 11.2. The Kier molecular flexibility index (Phi) is 6.32. The first-order valence-electron chi connectivity index (χ1n) is 5.57. The van der Waals surface area contributed by atoms with E-state index in [4.69, 9.17) is 0 Å². The average molecular weight is 216 g/mol. The van der Waals surface area contributed by atoms with Crippen LogP contribution < -0.4 is 10.6 Å². The minimum atomic E-state index is -0.519. The van der Waals surface area contributed by atoms with Crippen LogP contribution >= 0.6 is 0 Å². The van der Waals surface area contributed by atoms with Crippen LogP contribution in [0.1, 0.15) is 40.5 Å². The molecule has 0 unspecified atom stereocenters. The molecule has 0 aromatic rings. The van der Waals surface area contributed by atoms with Gasteiger partial charge in [-0.05, 0) is 11.8 Å². The Balaban J connectivity index is 3.62. The van der Waals surface area contributed by atoms with Crippen molar-refractivity contribution in [1.29, 1.82) is 0 Å². The standard InChI is InChI=1S/C11H24N2O2/c1-5-6-7-12-10(15)13-8-9(14)11(2,3)4/h9,14H,5-8H2,1-4H3,(H2,12,13,15)/t9-/m0/s1. The topological polar surface area (TPSA) is 61.4 Å². The van der Waals surface area contributed by atoms with Crippen molar-refractivity contribution in [3.05, 3.63) is 0 Å².